The Kier molecular flexibility index (Phi) is 7.02. The minimum Gasteiger partial charge on any atom is -0.310 e. The Bertz CT molecular complexity index is 319. The summed E-state index contributed by atoms with van der Waals surface area (Å²) in [5, 5.41) is 7.97. The zero-order chi connectivity index (χ0) is 13.4. The molecule has 0 bridgehead atoms. The predicted molar refractivity (Wildman–Crippen MR) is 77.6 cm³/mol. The van der Waals surface area contributed by atoms with Crippen LogP contribution in [0.1, 0.15) is 65.0 Å². The quantitative estimate of drug-likeness (QED) is 0.724. The zero-order valence-electron chi connectivity index (χ0n) is 12.4. The van der Waals surface area contributed by atoms with Crippen LogP contribution in [0.3, 0.4) is 0 Å². The molecule has 0 spiro atoms. The Morgan fingerprint density at radius 3 is 2.67 bits per heavy atom. The maximum atomic E-state index is 4.33. The molecule has 1 N–H and O–H groups in total. The fraction of sp³-hybridized carbons (Fsp3) is 0.800. The molecule has 0 fully saturated rings. The van der Waals surface area contributed by atoms with Crippen molar-refractivity contribution in [1.82, 2.24) is 15.1 Å². The van der Waals surface area contributed by atoms with Gasteiger partial charge >= 0.3 is 0 Å². The van der Waals surface area contributed by atoms with Gasteiger partial charge in [0.25, 0.3) is 0 Å². The Morgan fingerprint density at radius 2 is 2.11 bits per heavy atom. The standard InChI is InChI=1S/C15H29N3/c1-5-8-9-14(6-2)10-16-13(4)15-11-17-18(7-3)12-15/h11-14,16H,5-10H2,1-4H3. The van der Waals surface area contributed by atoms with Crippen LogP contribution in [-0.4, -0.2) is 16.3 Å². The van der Waals surface area contributed by atoms with Gasteiger partial charge in [-0.05, 0) is 32.7 Å². The molecule has 1 aromatic rings. The Morgan fingerprint density at radius 1 is 1.33 bits per heavy atom. The van der Waals surface area contributed by atoms with Crippen LogP contribution in [0.5, 0.6) is 0 Å². The van der Waals surface area contributed by atoms with Crippen molar-refractivity contribution in [3.8, 4) is 0 Å². The zero-order valence-corrected chi connectivity index (χ0v) is 12.4. The number of rotatable bonds is 9. The SMILES string of the molecule is CCCCC(CC)CNC(C)c1cnn(CC)c1. The van der Waals surface area contributed by atoms with Gasteiger partial charge in [-0.25, -0.2) is 0 Å². The fourth-order valence-electron chi connectivity index (χ4n) is 2.18. The van der Waals surface area contributed by atoms with E-state index in [-0.39, 0.29) is 0 Å². The maximum Gasteiger partial charge on any atom is 0.0537 e. The van der Waals surface area contributed by atoms with Crippen LogP contribution >= 0.6 is 0 Å². The molecule has 1 rings (SSSR count). The second kappa shape index (κ2) is 8.30. The number of hydrogen-bond donors (Lipinski definition) is 1. The van der Waals surface area contributed by atoms with Crippen LogP contribution in [0.25, 0.3) is 0 Å². The molecule has 0 aliphatic heterocycles. The third kappa shape index (κ3) is 4.81. The molecule has 0 aromatic carbocycles. The highest BCUT2D eigenvalue weighted by molar-refractivity contribution is 5.09. The summed E-state index contributed by atoms with van der Waals surface area (Å²) in [6, 6.07) is 0.404. The first-order valence-corrected chi connectivity index (χ1v) is 7.46. The van der Waals surface area contributed by atoms with E-state index < -0.39 is 0 Å². The minimum absolute atomic E-state index is 0.404. The van der Waals surface area contributed by atoms with Crippen molar-refractivity contribution in [1.29, 1.82) is 0 Å². The molecule has 0 saturated heterocycles. The number of aromatic nitrogens is 2. The molecule has 0 radical (unpaired) electrons. The highest BCUT2D eigenvalue weighted by Gasteiger charge is 2.10. The third-order valence-electron chi connectivity index (χ3n) is 3.73. The van der Waals surface area contributed by atoms with Gasteiger partial charge < -0.3 is 5.32 Å². The van der Waals surface area contributed by atoms with E-state index in [0.29, 0.717) is 6.04 Å². The summed E-state index contributed by atoms with van der Waals surface area (Å²) in [6.07, 6.45) is 9.39. The van der Waals surface area contributed by atoms with Gasteiger partial charge in [0.2, 0.25) is 0 Å². The summed E-state index contributed by atoms with van der Waals surface area (Å²) in [4.78, 5) is 0. The van der Waals surface area contributed by atoms with Crippen molar-refractivity contribution >= 4 is 0 Å². The lowest BCUT2D eigenvalue weighted by Crippen LogP contribution is -2.25. The van der Waals surface area contributed by atoms with Crippen LogP contribution < -0.4 is 5.32 Å². The van der Waals surface area contributed by atoms with Gasteiger partial charge in [0, 0.05) is 24.3 Å². The van der Waals surface area contributed by atoms with Gasteiger partial charge in [0.15, 0.2) is 0 Å². The van der Waals surface area contributed by atoms with E-state index >= 15 is 0 Å². The fourth-order valence-corrected chi connectivity index (χ4v) is 2.18. The molecular weight excluding hydrogens is 222 g/mol. The normalized spacial score (nSPS) is 14.7. The van der Waals surface area contributed by atoms with Crippen molar-refractivity contribution < 1.29 is 0 Å². The molecule has 2 unspecified atom stereocenters. The molecule has 0 aliphatic rings. The van der Waals surface area contributed by atoms with Gasteiger partial charge in [0.05, 0.1) is 6.20 Å². The monoisotopic (exact) mass is 251 g/mol. The van der Waals surface area contributed by atoms with Crippen LogP contribution in [0, 0.1) is 5.92 Å². The number of hydrogen-bond acceptors (Lipinski definition) is 2. The molecule has 3 heteroatoms. The molecule has 104 valence electrons. The lowest BCUT2D eigenvalue weighted by Gasteiger charge is -2.18. The summed E-state index contributed by atoms with van der Waals surface area (Å²) < 4.78 is 1.99. The summed E-state index contributed by atoms with van der Waals surface area (Å²) in [7, 11) is 0. The second-order valence-electron chi connectivity index (χ2n) is 5.18. The minimum atomic E-state index is 0.404. The second-order valence-corrected chi connectivity index (χ2v) is 5.18. The van der Waals surface area contributed by atoms with Gasteiger partial charge in [-0.2, -0.15) is 5.10 Å². The Labute approximate surface area is 112 Å². The Balaban J connectivity index is 2.36. The van der Waals surface area contributed by atoms with Crippen LogP contribution in [0.2, 0.25) is 0 Å². The van der Waals surface area contributed by atoms with E-state index in [1.807, 2.05) is 10.9 Å². The largest absolute Gasteiger partial charge is 0.310 e. The van der Waals surface area contributed by atoms with E-state index in [1.54, 1.807) is 0 Å². The average molecular weight is 251 g/mol. The van der Waals surface area contributed by atoms with E-state index in [4.69, 9.17) is 0 Å². The molecular formula is C15H29N3. The van der Waals surface area contributed by atoms with Crippen molar-refractivity contribution in [2.45, 2.75) is 66.0 Å². The molecule has 0 aliphatic carbocycles. The Hall–Kier alpha value is -0.830. The lowest BCUT2D eigenvalue weighted by molar-refractivity contribution is 0.398. The molecule has 3 nitrogen and oxygen atoms in total. The first kappa shape index (κ1) is 15.2. The smallest absolute Gasteiger partial charge is 0.0537 e. The number of nitrogens with one attached hydrogen (secondary N) is 1. The topological polar surface area (TPSA) is 29.9 Å². The highest BCUT2D eigenvalue weighted by atomic mass is 15.3. The first-order valence-electron chi connectivity index (χ1n) is 7.46. The summed E-state index contributed by atoms with van der Waals surface area (Å²) in [6.45, 7) is 11.0. The van der Waals surface area contributed by atoms with Crippen molar-refractivity contribution in [3.05, 3.63) is 18.0 Å². The van der Waals surface area contributed by atoms with Gasteiger partial charge in [-0.1, -0.05) is 33.1 Å². The molecule has 0 saturated carbocycles. The van der Waals surface area contributed by atoms with Crippen molar-refractivity contribution in [2.75, 3.05) is 6.54 Å². The number of unbranched alkanes of at least 4 members (excludes halogenated alkanes) is 1. The van der Waals surface area contributed by atoms with Gasteiger partial charge in [-0.15, -0.1) is 0 Å². The van der Waals surface area contributed by atoms with E-state index in [2.05, 4.69) is 44.3 Å². The maximum absolute atomic E-state index is 4.33. The summed E-state index contributed by atoms with van der Waals surface area (Å²) >= 11 is 0. The van der Waals surface area contributed by atoms with Gasteiger partial charge in [-0.3, -0.25) is 4.68 Å². The number of aryl methyl sites for hydroxylation is 1. The molecule has 18 heavy (non-hydrogen) atoms. The average Bonchev–Trinajstić information content (AvgIpc) is 2.87. The van der Waals surface area contributed by atoms with Crippen molar-refractivity contribution in [2.24, 2.45) is 5.92 Å². The van der Waals surface area contributed by atoms with Gasteiger partial charge in [0.1, 0.15) is 0 Å². The lowest BCUT2D eigenvalue weighted by atomic mass is 9.99. The molecule has 1 aromatic heterocycles. The molecule has 1 heterocycles. The third-order valence-corrected chi connectivity index (χ3v) is 3.73. The van der Waals surface area contributed by atoms with Crippen LogP contribution in [0.15, 0.2) is 12.4 Å². The van der Waals surface area contributed by atoms with E-state index in [9.17, 15) is 0 Å². The predicted octanol–water partition coefficient (Wildman–Crippen LogP) is 3.77. The summed E-state index contributed by atoms with van der Waals surface area (Å²) in [5.74, 6) is 0.814. The summed E-state index contributed by atoms with van der Waals surface area (Å²) in [5.41, 5.74) is 1.29. The van der Waals surface area contributed by atoms with E-state index in [0.717, 1.165) is 19.0 Å². The molecule has 0 amide bonds. The van der Waals surface area contributed by atoms with E-state index in [1.165, 1.54) is 31.2 Å². The highest BCUT2D eigenvalue weighted by Crippen LogP contribution is 2.15. The first-order chi connectivity index (χ1) is 8.71. The van der Waals surface area contributed by atoms with Crippen LogP contribution in [0.4, 0.5) is 0 Å². The van der Waals surface area contributed by atoms with Crippen LogP contribution in [-0.2, 0) is 6.54 Å². The van der Waals surface area contributed by atoms with Crippen molar-refractivity contribution in [3.63, 3.8) is 0 Å². The number of nitrogens with zero attached hydrogens (tertiary/aromatic N) is 2. The molecule has 2 atom stereocenters.